The summed E-state index contributed by atoms with van der Waals surface area (Å²) in [5.74, 6) is 3.44. The molecule has 262 valence electrons. The van der Waals surface area contributed by atoms with Gasteiger partial charge in [0.1, 0.15) is 34.9 Å². The first kappa shape index (κ1) is 37.5. The average molecular weight is 699 g/mol. The fourth-order valence-corrected chi connectivity index (χ4v) is 7.77. The lowest BCUT2D eigenvalue weighted by atomic mass is 9.93. The third kappa shape index (κ3) is 7.46. The summed E-state index contributed by atoms with van der Waals surface area (Å²) in [5, 5.41) is 0.260. The number of hydrogen-bond acceptors (Lipinski definition) is 8. The predicted octanol–water partition coefficient (Wildman–Crippen LogP) is 8.18. The Morgan fingerprint density at radius 1 is 1.00 bits per heavy atom. The Hall–Kier alpha value is -3.31. The van der Waals surface area contributed by atoms with Gasteiger partial charge >= 0.3 is 6.41 Å². The Morgan fingerprint density at radius 2 is 1.69 bits per heavy atom. The Labute approximate surface area is 292 Å². The van der Waals surface area contributed by atoms with Gasteiger partial charge in [-0.25, -0.2) is 9.28 Å². The minimum Gasteiger partial charge on any atom is -0.497 e. The van der Waals surface area contributed by atoms with Crippen LogP contribution in [0.5, 0.6) is 23.0 Å². The number of quaternary nitrogens is 1. The van der Waals surface area contributed by atoms with Crippen LogP contribution in [0.3, 0.4) is 0 Å². The zero-order chi connectivity index (χ0) is 35.4. The van der Waals surface area contributed by atoms with E-state index in [1.807, 2.05) is 54.8 Å². The minimum atomic E-state index is -2.40. The molecule has 0 aromatic heterocycles. The highest BCUT2D eigenvalue weighted by atomic mass is 35.5. The number of fused-ring (bicyclic) bond motifs is 1. The summed E-state index contributed by atoms with van der Waals surface area (Å²) in [5.41, 5.74) is 1.51. The second-order valence-corrected chi connectivity index (χ2v) is 19.6. The van der Waals surface area contributed by atoms with Crippen molar-refractivity contribution in [2.24, 2.45) is 10.9 Å². The standard InChI is InChI=1S/C37H53ClN3O6Si/c1-25(2)19-21-41(24-42,29-16-18-31(45-8)36(46-9)33(29)38)23-28-34(40-20-13-12-14-32(40)39-28)35(47-48(10,11)37(3,4)5)27-22-26(43-6)15-17-30(27)44-7/h12-18,20,22,24-25,28,34-35H,19,21,23H2,1-11H3/q+1. The third-order valence-electron chi connectivity index (χ3n) is 9.93. The average Bonchev–Trinajstić information content (AvgIpc) is 3.41. The van der Waals surface area contributed by atoms with E-state index in [9.17, 15) is 4.79 Å². The predicted molar refractivity (Wildman–Crippen MR) is 197 cm³/mol. The number of halogens is 1. The van der Waals surface area contributed by atoms with Crippen LogP contribution in [0.2, 0.25) is 23.2 Å². The van der Waals surface area contributed by atoms with Crippen LogP contribution in [-0.4, -0.2) is 79.1 Å². The summed E-state index contributed by atoms with van der Waals surface area (Å²) < 4.78 is 30.3. The molecule has 0 saturated heterocycles. The fourth-order valence-electron chi connectivity index (χ4n) is 6.12. The van der Waals surface area contributed by atoms with Crippen LogP contribution in [0.1, 0.15) is 52.7 Å². The lowest BCUT2D eigenvalue weighted by Crippen LogP contribution is -2.57. The van der Waals surface area contributed by atoms with Crippen LogP contribution < -0.4 is 23.4 Å². The monoisotopic (exact) mass is 698 g/mol. The number of hydrogen-bond donors (Lipinski definition) is 0. The summed E-state index contributed by atoms with van der Waals surface area (Å²) in [6.07, 6.45) is 9.35. The number of amides is 1. The van der Waals surface area contributed by atoms with Gasteiger partial charge in [0.25, 0.3) is 0 Å². The molecular formula is C37H53ClN3O6Si+. The molecule has 9 nitrogen and oxygen atoms in total. The highest BCUT2D eigenvalue weighted by molar-refractivity contribution is 6.74. The smallest absolute Gasteiger partial charge is 0.306 e. The van der Waals surface area contributed by atoms with Gasteiger partial charge in [-0.3, -0.25) is 4.99 Å². The van der Waals surface area contributed by atoms with Gasteiger partial charge in [0.15, 0.2) is 25.5 Å². The number of nitrogens with zero attached hydrogens (tertiary/aromatic N) is 3. The van der Waals surface area contributed by atoms with Crippen LogP contribution in [0.15, 0.2) is 59.8 Å². The maximum atomic E-state index is 13.6. The van der Waals surface area contributed by atoms with E-state index < -0.39 is 14.4 Å². The van der Waals surface area contributed by atoms with Gasteiger partial charge < -0.3 is 28.3 Å². The topological polar surface area (TPSA) is 78.8 Å². The van der Waals surface area contributed by atoms with Crippen molar-refractivity contribution in [3.05, 3.63) is 65.3 Å². The van der Waals surface area contributed by atoms with E-state index >= 15 is 0 Å². The molecule has 48 heavy (non-hydrogen) atoms. The summed E-state index contributed by atoms with van der Waals surface area (Å²) in [4.78, 5) is 21.1. The molecule has 0 bridgehead atoms. The summed E-state index contributed by atoms with van der Waals surface area (Å²) >= 11 is 7.09. The molecule has 0 spiro atoms. The Bertz CT molecular complexity index is 1550. The van der Waals surface area contributed by atoms with Crippen molar-refractivity contribution in [1.82, 2.24) is 9.38 Å². The third-order valence-corrected chi connectivity index (χ3v) is 14.7. The maximum Gasteiger partial charge on any atom is 0.306 e. The van der Waals surface area contributed by atoms with Crippen molar-refractivity contribution in [2.75, 3.05) is 41.5 Å². The SMILES string of the molecule is COc1ccc(OC)c(C(O[Si](C)(C)C(C)(C)C)C2C(C[N+](C=O)(CCC(C)C)c3ccc(OC)c(OC)c3Cl)N=C3C=CC=CN32)c1. The van der Waals surface area contributed by atoms with Crippen LogP contribution in [0.4, 0.5) is 5.69 Å². The molecule has 4 rings (SSSR count). The molecule has 0 saturated carbocycles. The molecule has 0 aliphatic carbocycles. The number of rotatable bonds is 15. The quantitative estimate of drug-likeness (QED) is 0.105. The lowest BCUT2D eigenvalue weighted by molar-refractivity contribution is -0.118. The van der Waals surface area contributed by atoms with Gasteiger partial charge in [-0.05, 0) is 66.9 Å². The van der Waals surface area contributed by atoms with Crippen LogP contribution in [0.25, 0.3) is 0 Å². The number of allylic oxidation sites excluding steroid dienone is 2. The first-order chi connectivity index (χ1) is 22.7. The second-order valence-electron chi connectivity index (χ2n) is 14.4. The van der Waals surface area contributed by atoms with E-state index in [0.29, 0.717) is 52.7 Å². The van der Waals surface area contributed by atoms with Gasteiger partial charge in [0.05, 0.1) is 47.1 Å². The number of benzene rings is 2. The number of methoxy groups -OCH3 is 4. The fraction of sp³-hybridized carbons (Fsp3) is 0.514. The van der Waals surface area contributed by atoms with Crippen molar-refractivity contribution >= 4 is 37.9 Å². The number of aliphatic imine (C=N–C) groups is 1. The second kappa shape index (κ2) is 15.1. The zero-order valence-electron chi connectivity index (χ0n) is 30.4. The summed E-state index contributed by atoms with van der Waals surface area (Å²) in [6.45, 7) is 16.4. The number of carbonyl (C=O) groups is 1. The molecule has 2 aromatic carbocycles. The molecule has 11 heteroatoms. The van der Waals surface area contributed by atoms with Crippen molar-refractivity contribution < 1.29 is 28.2 Å². The highest BCUT2D eigenvalue weighted by Crippen LogP contribution is 2.48. The Balaban J connectivity index is 1.96. The molecule has 2 heterocycles. The summed E-state index contributed by atoms with van der Waals surface area (Å²) in [6, 6.07) is 8.78. The largest absolute Gasteiger partial charge is 0.497 e. The molecular weight excluding hydrogens is 646 g/mol. The van der Waals surface area contributed by atoms with E-state index in [4.69, 9.17) is 40.0 Å². The van der Waals surface area contributed by atoms with E-state index in [0.717, 1.165) is 24.2 Å². The molecule has 1 amide bonds. The van der Waals surface area contributed by atoms with Gasteiger partial charge in [-0.1, -0.05) is 52.3 Å². The van der Waals surface area contributed by atoms with Crippen LogP contribution >= 0.6 is 11.6 Å². The van der Waals surface area contributed by atoms with Crippen molar-refractivity contribution in [1.29, 1.82) is 0 Å². The molecule has 0 radical (unpaired) electrons. The molecule has 0 fully saturated rings. The Kier molecular flexibility index (Phi) is 11.8. The van der Waals surface area contributed by atoms with Gasteiger partial charge in [0, 0.05) is 17.8 Å². The van der Waals surface area contributed by atoms with Crippen molar-refractivity contribution in [3.63, 3.8) is 0 Å². The number of ether oxygens (including phenoxy) is 4. The summed E-state index contributed by atoms with van der Waals surface area (Å²) in [7, 11) is 4.05. The molecule has 2 aliphatic heterocycles. The minimum absolute atomic E-state index is 0.0569. The van der Waals surface area contributed by atoms with Crippen LogP contribution in [0, 0.1) is 5.92 Å². The first-order valence-corrected chi connectivity index (χ1v) is 19.8. The van der Waals surface area contributed by atoms with E-state index in [2.05, 4.69) is 52.6 Å². The van der Waals surface area contributed by atoms with Gasteiger partial charge in [0.2, 0.25) is 0 Å². The zero-order valence-corrected chi connectivity index (χ0v) is 32.1. The van der Waals surface area contributed by atoms with E-state index in [1.165, 1.54) is 0 Å². The highest BCUT2D eigenvalue weighted by Gasteiger charge is 2.51. The maximum absolute atomic E-state index is 13.6. The first-order valence-electron chi connectivity index (χ1n) is 16.5. The van der Waals surface area contributed by atoms with Gasteiger partial charge in [-0.15, -0.1) is 0 Å². The van der Waals surface area contributed by atoms with Crippen molar-refractivity contribution in [2.45, 2.75) is 77.4 Å². The lowest BCUT2D eigenvalue weighted by Gasteiger charge is -2.44. The molecule has 2 aliphatic rings. The number of amidine groups is 1. The molecule has 4 unspecified atom stereocenters. The van der Waals surface area contributed by atoms with E-state index in [-0.39, 0.29) is 21.6 Å². The Morgan fingerprint density at radius 3 is 2.27 bits per heavy atom. The van der Waals surface area contributed by atoms with Crippen LogP contribution in [-0.2, 0) is 9.22 Å². The number of carbonyl (C=O) groups excluding carboxylic acids is 1. The normalized spacial score (nSPS) is 19.4. The molecule has 2 aromatic rings. The van der Waals surface area contributed by atoms with Crippen molar-refractivity contribution in [3.8, 4) is 23.0 Å². The molecule has 4 atom stereocenters. The van der Waals surface area contributed by atoms with Gasteiger partial charge in [-0.2, -0.15) is 0 Å². The molecule has 0 N–H and O–H groups in total. The van der Waals surface area contributed by atoms with E-state index in [1.54, 1.807) is 28.4 Å².